The van der Waals surface area contributed by atoms with E-state index in [2.05, 4.69) is 10.0 Å². The molecule has 0 unspecified atom stereocenters. The van der Waals surface area contributed by atoms with Gasteiger partial charge in [-0.3, -0.25) is 4.79 Å². The fourth-order valence-corrected chi connectivity index (χ4v) is 4.24. The summed E-state index contributed by atoms with van der Waals surface area (Å²) in [6, 6.07) is 21.3. The highest BCUT2D eigenvalue weighted by molar-refractivity contribution is 7.89. The lowest BCUT2D eigenvalue weighted by Gasteiger charge is -2.19. The fourth-order valence-electron chi connectivity index (χ4n) is 3.03. The number of rotatable bonds is 9. The van der Waals surface area contributed by atoms with Gasteiger partial charge in [0.15, 0.2) is 11.5 Å². The van der Waals surface area contributed by atoms with Crippen LogP contribution in [0.2, 0.25) is 0 Å². The Hall–Kier alpha value is -3.36. The lowest BCUT2D eigenvalue weighted by Crippen LogP contribution is -2.45. The summed E-state index contributed by atoms with van der Waals surface area (Å²) in [5, 5.41) is 2.77. The summed E-state index contributed by atoms with van der Waals surface area (Å²) in [6.45, 7) is 0. The quantitative estimate of drug-likeness (QED) is 0.533. The predicted octanol–water partition coefficient (Wildman–Crippen LogP) is 3.23. The van der Waals surface area contributed by atoms with E-state index in [9.17, 15) is 13.2 Å². The van der Waals surface area contributed by atoms with Crippen LogP contribution >= 0.6 is 0 Å². The van der Waals surface area contributed by atoms with E-state index >= 15 is 0 Å². The van der Waals surface area contributed by atoms with Crippen molar-refractivity contribution >= 4 is 21.6 Å². The molecule has 0 spiro atoms. The molecule has 0 saturated heterocycles. The van der Waals surface area contributed by atoms with Crippen LogP contribution in [0.4, 0.5) is 5.69 Å². The minimum Gasteiger partial charge on any atom is -0.493 e. The summed E-state index contributed by atoms with van der Waals surface area (Å²) in [6.07, 6.45) is 0.187. The fraction of sp³-hybridized carbons (Fsp3) is 0.174. The monoisotopic (exact) mass is 440 g/mol. The average molecular weight is 441 g/mol. The summed E-state index contributed by atoms with van der Waals surface area (Å²) < 4.78 is 39.0. The zero-order valence-corrected chi connectivity index (χ0v) is 18.1. The molecule has 1 atom stereocenters. The van der Waals surface area contributed by atoms with Crippen LogP contribution in [0.1, 0.15) is 5.56 Å². The number of nitrogens with one attached hydrogen (secondary N) is 2. The molecule has 0 fully saturated rings. The zero-order valence-electron chi connectivity index (χ0n) is 17.2. The van der Waals surface area contributed by atoms with Crippen LogP contribution < -0.4 is 19.5 Å². The molecule has 2 N–H and O–H groups in total. The van der Waals surface area contributed by atoms with E-state index in [1.54, 1.807) is 24.3 Å². The van der Waals surface area contributed by atoms with E-state index in [1.165, 1.54) is 32.4 Å². The van der Waals surface area contributed by atoms with Crippen molar-refractivity contribution in [2.45, 2.75) is 17.4 Å². The Morgan fingerprint density at radius 3 is 2.10 bits per heavy atom. The van der Waals surface area contributed by atoms with Crippen molar-refractivity contribution in [2.75, 3.05) is 19.5 Å². The van der Waals surface area contributed by atoms with Crippen molar-refractivity contribution in [3.63, 3.8) is 0 Å². The first-order chi connectivity index (χ1) is 14.9. The van der Waals surface area contributed by atoms with Crippen molar-refractivity contribution in [3.8, 4) is 11.5 Å². The molecule has 3 rings (SSSR count). The van der Waals surface area contributed by atoms with Gasteiger partial charge in [0.05, 0.1) is 19.1 Å². The molecule has 7 nitrogen and oxygen atoms in total. The van der Waals surface area contributed by atoms with Gasteiger partial charge in [0.2, 0.25) is 15.9 Å². The Morgan fingerprint density at radius 1 is 0.871 bits per heavy atom. The van der Waals surface area contributed by atoms with Gasteiger partial charge in [-0.05, 0) is 36.2 Å². The lowest BCUT2D eigenvalue weighted by molar-refractivity contribution is -0.117. The molecule has 3 aromatic rings. The summed E-state index contributed by atoms with van der Waals surface area (Å²) >= 11 is 0. The SMILES string of the molecule is COc1ccc(S(=O)(=O)N[C@H](Cc2ccccc2)C(=O)Nc2ccccc2)cc1OC. The van der Waals surface area contributed by atoms with Gasteiger partial charge in [0.25, 0.3) is 0 Å². The number of hydrogen-bond donors (Lipinski definition) is 2. The number of benzene rings is 3. The van der Waals surface area contributed by atoms with Crippen LogP contribution in [0.25, 0.3) is 0 Å². The first-order valence-corrected chi connectivity index (χ1v) is 11.1. The van der Waals surface area contributed by atoms with Crippen molar-refractivity contribution < 1.29 is 22.7 Å². The minimum absolute atomic E-state index is 0.0317. The van der Waals surface area contributed by atoms with Crippen LogP contribution in [0.5, 0.6) is 11.5 Å². The van der Waals surface area contributed by atoms with E-state index in [4.69, 9.17) is 9.47 Å². The van der Waals surface area contributed by atoms with E-state index in [-0.39, 0.29) is 17.1 Å². The van der Waals surface area contributed by atoms with Gasteiger partial charge in [-0.2, -0.15) is 4.72 Å². The summed E-state index contributed by atoms with van der Waals surface area (Å²) in [5.74, 6) is 0.224. The van der Waals surface area contributed by atoms with Crippen LogP contribution in [-0.2, 0) is 21.2 Å². The normalized spacial score (nSPS) is 12.1. The minimum atomic E-state index is -4.02. The molecule has 31 heavy (non-hydrogen) atoms. The Bertz CT molecular complexity index is 1120. The number of ether oxygens (including phenoxy) is 2. The predicted molar refractivity (Wildman–Crippen MR) is 119 cm³/mol. The number of amides is 1. The van der Waals surface area contributed by atoms with E-state index in [0.717, 1.165) is 5.56 Å². The van der Waals surface area contributed by atoms with Gasteiger partial charge in [-0.1, -0.05) is 48.5 Å². The molecule has 3 aromatic carbocycles. The molecule has 0 aromatic heterocycles. The maximum atomic E-state index is 13.1. The Kier molecular flexibility index (Phi) is 7.28. The highest BCUT2D eigenvalue weighted by atomic mass is 32.2. The second-order valence-corrected chi connectivity index (χ2v) is 8.45. The molecule has 0 aliphatic rings. The van der Waals surface area contributed by atoms with Crippen LogP contribution in [0.3, 0.4) is 0 Å². The highest BCUT2D eigenvalue weighted by Gasteiger charge is 2.27. The van der Waals surface area contributed by atoms with E-state index in [1.807, 2.05) is 36.4 Å². The molecule has 0 saturated carbocycles. The molecule has 0 bridgehead atoms. The second-order valence-electron chi connectivity index (χ2n) is 6.74. The van der Waals surface area contributed by atoms with Gasteiger partial charge in [0.1, 0.15) is 6.04 Å². The summed E-state index contributed by atoms with van der Waals surface area (Å²) in [7, 11) is -1.13. The maximum Gasteiger partial charge on any atom is 0.242 e. The molecule has 0 aliphatic heterocycles. The molecule has 0 heterocycles. The molecule has 1 amide bonds. The molecular weight excluding hydrogens is 416 g/mol. The number of anilines is 1. The van der Waals surface area contributed by atoms with Crippen molar-refractivity contribution in [1.29, 1.82) is 0 Å². The molecule has 0 radical (unpaired) electrons. The lowest BCUT2D eigenvalue weighted by atomic mass is 10.1. The molecule has 0 aliphatic carbocycles. The van der Waals surface area contributed by atoms with Gasteiger partial charge in [0, 0.05) is 11.8 Å². The summed E-state index contributed by atoms with van der Waals surface area (Å²) in [5.41, 5.74) is 1.40. The smallest absolute Gasteiger partial charge is 0.242 e. The van der Waals surface area contributed by atoms with Crippen LogP contribution in [-0.4, -0.2) is 34.6 Å². The van der Waals surface area contributed by atoms with Gasteiger partial charge in [-0.15, -0.1) is 0 Å². The Morgan fingerprint density at radius 2 is 1.48 bits per heavy atom. The zero-order chi connectivity index (χ0) is 22.3. The topological polar surface area (TPSA) is 93.7 Å². The third kappa shape index (κ3) is 5.84. The van der Waals surface area contributed by atoms with Gasteiger partial charge >= 0.3 is 0 Å². The van der Waals surface area contributed by atoms with Crippen molar-refractivity contribution in [1.82, 2.24) is 4.72 Å². The number of carbonyl (C=O) groups excluding carboxylic acids is 1. The van der Waals surface area contributed by atoms with Crippen molar-refractivity contribution in [3.05, 3.63) is 84.4 Å². The van der Waals surface area contributed by atoms with E-state index < -0.39 is 22.0 Å². The first kappa shape index (κ1) is 22.3. The maximum absolute atomic E-state index is 13.1. The average Bonchev–Trinajstić information content (AvgIpc) is 2.79. The Balaban J connectivity index is 1.88. The number of sulfonamides is 1. The van der Waals surface area contributed by atoms with Gasteiger partial charge < -0.3 is 14.8 Å². The molecular formula is C23H24N2O5S. The number of carbonyl (C=O) groups is 1. The summed E-state index contributed by atoms with van der Waals surface area (Å²) in [4.78, 5) is 12.9. The van der Waals surface area contributed by atoms with E-state index in [0.29, 0.717) is 11.4 Å². The number of methoxy groups -OCH3 is 2. The van der Waals surface area contributed by atoms with Crippen LogP contribution in [0.15, 0.2) is 83.8 Å². The van der Waals surface area contributed by atoms with Crippen LogP contribution in [0, 0.1) is 0 Å². The third-order valence-corrected chi connectivity index (χ3v) is 6.07. The molecule has 162 valence electrons. The Labute approximate surface area is 182 Å². The van der Waals surface area contributed by atoms with Gasteiger partial charge in [-0.25, -0.2) is 8.42 Å². The highest BCUT2D eigenvalue weighted by Crippen LogP contribution is 2.29. The second kappa shape index (κ2) is 10.1. The standard InChI is InChI=1S/C23H24N2O5S/c1-29-21-14-13-19(16-22(21)30-2)31(27,28)25-20(15-17-9-5-3-6-10-17)23(26)24-18-11-7-4-8-12-18/h3-14,16,20,25H,15H2,1-2H3,(H,24,26)/t20-/m1/s1. The first-order valence-electron chi connectivity index (χ1n) is 9.57. The van der Waals surface area contributed by atoms with Crippen molar-refractivity contribution in [2.24, 2.45) is 0 Å². The number of para-hydroxylation sites is 1. The largest absolute Gasteiger partial charge is 0.493 e. The molecule has 8 heteroatoms. The third-order valence-electron chi connectivity index (χ3n) is 4.60. The number of hydrogen-bond acceptors (Lipinski definition) is 5.